The molecule has 0 aliphatic carbocycles. The van der Waals surface area contributed by atoms with E-state index in [-0.39, 0.29) is 0 Å². The Morgan fingerprint density at radius 2 is 1.84 bits per heavy atom. The van der Waals surface area contributed by atoms with Crippen LogP contribution in [-0.2, 0) is 0 Å². The molecule has 3 aromatic rings. The van der Waals surface area contributed by atoms with Gasteiger partial charge in [-0.25, -0.2) is 4.98 Å². The molecule has 2 aromatic carbocycles. The van der Waals surface area contributed by atoms with Crippen LogP contribution < -0.4 is 11.5 Å². The zero-order valence-electron chi connectivity index (χ0n) is 9.96. The van der Waals surface area contributed by atoms with Gasteiger partial charge in [-0.1, -0.05) is 6.07 Å². The minimum Gasteiger partial charge on any atom is -0.436 e. The van der Waals surface area contributed by atoms with E-state index in [1.54, 1.807) is 30.3 Å². The molecular weight excluding hydrogens is 242 g/mol. The van der Waals surface area contributed by atoms with E-state index in [9.17, 15) is 4.79 Å². The lowest BCUT2D eigenvalue weighted by Gasteiger charge is -1.95. The second kappa shape index (κ2) is 4.13. The molecule has 0 unspecified atom stereocenters. The molecule has 0 saturated carbocycles. The molecule has 5 heteroatoms. The van der Waals surface area contributed by atoms with Gasteiger partial charge in [-0.15, -0.1) is 0 Å². The number of nitrogens with zero attached hydrogens (tertiary/aromatic N) is 1. The van der Waals surface area contributed by atoms with Crippen LogP contribution in [-0.4, -0.2) is 10.9 Å². The van der Waals surface area contributed by atoms with E-state index in [0.717, 1.165) is 5.56 Å². The molecule has 0 saturated heterocycles. The number of nitrogen functional groups attached to an aromatic ring is 1. The summed E-state index contributed by atoms with van der Waals surface area (Å²) in [6.07, 6.45) is 0. The Balaban J connectivity index is 2.19. The summed E-state index contributed by atoms with van der Waals surface area (Å²) in [5.41, 5.74) is 13.8. The van der Waals surface area contributed by atoms with E-state index < -0.39 is 5.91 Å². The first-order valence-electron chi connectivity index (χ1n) is 5.70. The molecule has 0 bridgehead atoms. The lowest BCUT2D eigenvalue weighted by atomic mass is 10.2. The highest BCUT2D eigenvalue weighted by atomic mass is 16.3. The Labute approximate surface area is 108 Å². The Hall–Kier alpha value is -2.82. The first-order valence-corrected chi connectivity index (χ1v) is 5.70. The molecule has 0 aliphatic rings. The van der Waals surface area contributed by atoms with E-state index in [4.69, 9.17) is 15.9 Å². The van der Waals surface area contributed by atoms with Gasteiger partial charge in [-0.2, -0.15) is 0 Å². The Morgan fingerprint density at radius 3 is 2.53 bits per heavy atom. The van der Waals surface area contributed by atoms with Crippen molar-refractivity contribution in [2.75, 3.05) is 5.73 Å². The summed E-state index contributed by atoms with van der Waals surface area (Å²) in [6, 6.07) is 12.2. The van der Waals surface area contributed by atoms with Gasteiger partial charge in [0.05, 0.1) is 5.56 Å². The van der Waals surface area contributed by atoms with Gasteiger partial charge in [0.1, 0.15) is 5.52 Å². The fourth-order valence-electron chi connectivity index (χ4n) is 1.90. The standard InChI is InChI=1S/C14H11N3O2/c15-9-6-4-8(5-7-9)14-17-12-10(13(16)18)2-1-3-11(12)19-14/h1-7H,15H2,(H2,16,18). The molecule has 19 heavy (non-hydrogen) atoms. The third-order valence-electron chi connectivity index (χ3n) is 2.84. The second-order valence-electron chi connectivity index (χ2n) is 4.16. The van der Waals surface area contributed by atoms with Gasteiger partial charge >= 0.3 is 0 Å². The summed E-state index contributed by atoms with van der Waals surface area (Å²) in [5, 5.41) is 0. The maximum absolute atomic E-state index is 11.3. The molecular formula is C14H11N3O2. The molecule has 5 nitrogen and oxygen atoms in total. The van der Waals surface area contributed by atoms with Gasteiger partial charge in [0, 0.05) is 11.3 Å². The van der Waals surface area contributed by atoms with Crippen molar-refractivity contribution in [3.05, 3.63) is 48.0 Å². The maximum atomic E-state index is 11.3. The third-order valence-corrected chi connectivity index (χ3v) is 2.84. The highest BCUT2D eigenvalue weighted by Gasteiger charge is 2.13. The number of primary amides is 1. The third kappa shape index (κ3) is 1.91. The Kier molecular flexibility index (Phi) is 2.45. The van der Waals surface area contributed by atoms with Crippen LogP contribution in [0.5, 0.6) is 0 Å². The van der Waals surface area contributed by atoms with Crippen molar-refractivity contribution >= 4 is 22.7 Å². The number of carbonyl (C=O) groups is 1. The van der Waals surface area contributed by atoms with E-state index in [0.29, 0.717) is 28.2 Å². The predicted molar refractivity (Wildman–Crippen MR) is 72.4 cm³/mol. The lowest BCUT2D eigenvalue weighted by molar-refractivity contribution is 0.100. The van der Waals surface area contributed by atoms with Gasteiger partial charge in [0.15, 0.2) is 5.58 Å². The fraction of sp³-hybridized carbons (Fsp3) is 0. The number of aromatic nitrogens is 1. The highest BCUT2D eigenvalue weighted by Crippen LogP contribution is 2.26. The van der Waals surface area contributed by atoms with Crippen molar-refractivity contribution in [3.8, 4) is 11.5 Å². The lowest BCUT2D eigenvalue weighted by Crippen LogP contribution is -2.11. The Morgan fingerprint density at radius 1 is 1.11 bits per heavy atom. The zero-order chi connectivity index (χ0) is 13.4. The quantitative estimate of drug-likeness (QED) is 0.684. The van der Waals surface area contributed by atoms with Crippen LogP contribution in [0.4, 0.5) is 5.69 Å². The summed E-state index contributed by atoms with van der Waals surface area (Å²) in [7, 11) is 0. The molecule has 0 aliphatic heterocycles. The number of hydrogen-bond donors (Lipinski definition) is 2. The molecule has 94 valence electrons. The van der Waals surface area contributed by atoms with Gasteiger partial charge < -0.3 is 15.9 Å². The number of amides is 1. The monoisotopic (exact) mass is 253 g/mol. The molecule has 3 rings (SSSR count). The van der Waals surface area contributed by atoms with Crippen LogP contribution in [0.1, 0.15) is 10.4 Å². The van der Waals surface area contributed by atoms with Crippen molar-refractivity contribution in [1.82, 2.24) is 4.98 Å². The predicted octanol–water partition coefficient (Wildman–Crippen LogP) is 2.18. The van der Waals surface area contributed by atoms with E-state index in [2.05, 4.69) is 4.98 Å². The summed E-state index contributed by atoms with van der Waals surface area (Å²) >= 11 is 0. The molecule has 1 aromatic heterocycles. The van der Waals surface area contributed by atoms with Crippen LogP contribution in [0, 0.1) is 0 Å². The van der Waals surface area contributed by atoms with Crippen molar-refractivity contribution in [3.63, 3.8) is 0 Å². The van der Waals surface area contributed by atoms with Crippen LogP contribution in [0.2, 0.25) is 0 Å². The summed E-state index contributed by atoms with van der Waals surface area (Å²) in [6.45, 7) is 0. The first kappa shape index (κ1) is 11.3. The number of fused-ring (bicyclic) bond motifs is 1. The number of para-hydroxylation sites is 1. The second-order valence-corrected chi connectivity index (χ2v) is 4.16. The van der Waals surface area contributed by atoms with Gasteiger partial charge in [0.25, 0.3) is 5.91 Å². The van der Waals surface area contributed by atoms with Gasteiger partial charge in [-0.05, 0) is 36.4 Å². The van der Waals surface area contributed by atoms with Crippen LogP contribution in [0.15, 0.2) is 46.9 Å². The molecule has 0 radical (unpaired) electrons. The number of anilines is 1. The fourth-order valence-corrected chi connectivity index (χ4v) is 1.90. The van der Waals surface area contributed by atoms with Crippen LogP contribution in [0.3, 0.4) is 0 Å². The zero-order valence-corrected chi connectivity index (χ0v) is 9.96. The number of hydrogen-bond acceptors (Lipinski definition) is 4. The van der Waals surface area contributed by atoms with Crippen molar-refractivity contribution in [2.45, 2.75) is 0 Å². The van der Waals surface area contributed by atoms with Crippen molar-refractivity contribution < 1.29 is 9.21 Å². The molecule has 0 fully saturated rings. The molecule has 4 N–H and O–H groups in total. The number of rotatable bonds is 2. The normalized spacial score (nSPS) is 10.7. The number of oxazole rings is 1. The average molecular weight is 253 g/mol. The average Bonchev–Trinajstić information content (AvgIpc) is 2.82. The molecule has 1 heterocycles. The maximum Gasteiger partial charge on any atom is 0.251 e. The summed E-state index contributed by atoms with van der Waals surface area (Å²) < 4.78 is 5.63. The molecule has 1 amide bonds. The molecule has 0 atom stereocenters. The highest BCUT2D eigenvalue weighted by molar-refractivity contribution is 6.03. The van der Waals surface area contributed by atoms with Crippen molar-refractivity contribution in [2.24, 2.45) is 5.73 Å². The Bertz CT molecular complexity index is 760. The summed E-state index contributed by atoms with van der Waals surface area (Å²) in [5.74, 6) is -0.0912. The topological polar surface area (TPSA) is 95.1 Å². The van der Waals surface area contributed by atoms with E-state index in [1.165, 1.54) is 0 Å². The number of benzene rings is 2. The smallest absolute Gasteiger partial charge is 0.251 e. The minimum atomic E-state index is -0.525. The molecule has 0 spiro atoms. The van der Waals surface area contributed by atoms with E-state index in [1.807, 2.05) is 12.1 Å². The van der Waals surface area contributed by atoms with Crippen LogP contribution in [0.25, 0.3) is 22.6 Å². The largest absolute Gasteiger partial charge is 0.436 e. The number of nitrogens with two attached hydrogens (primary N) is 2. The van der Waals surface area contributed by atoms with E-state index >= 15 is 0 Å². The number of carbonyl (C=O) groups excluding carboxylic acids is 1. The van der Waals surface area contributed by atoms with Crippen molar-refractivity contribution in [1.29, 1.82) is 0 Å². The summed E-state index contributed by atoms with van der Waals surface area (Å²) in [4.78, 5) is 15.7. The van der Waals surface area contributed by atoms with Gasteiger partial charge in [0.2, 0.25) is 5.89 Å². The minimum absolute atomic E-state index is 0.350. The van der Waals surface area contributed by atoms with Gasteiger partial charge in [-0.3, -0.25) is 4.79 Å². The SMILES string of the molecule is NC(=O)c1cccc2oc(-c3ccc(N)cc3)nc12. The van der Waals surface area contributed by atoms with Crippen LogP contribution >= 0.6 is 0 Å². The first-order chi connectivity index (χ1) is 9.15.